The van der Waals surface area contributed by atoms with Crippen molar-refractivity contribution in [3.63, 3.8) is 0 Å². The minimum Gasteiger partial charge on any atom is -0.751 e. The van der Waals surface area contributed by atoms with E-state index < -0.39 is 11.4 Å². The maximum atomic E-state index is 9.02. The molecule has 0 heterocycles. The molecule has 0 aromatic rings. The van der Waals surface area contributed by atoms with E-state index in [1.54, 1.807) is 0 Å². The van der Waals surface area contributed by atoms with Crippen molar-refractivity contribution in [3.05, 3.63) is 0 Å². The van der Waals surface area contributed by atoms with Crippen LogP contribution in [0.15, 0.2) is 0 Å². The van der Waals surface area contributed by atoms with Crippen LogP contribution < -0.4 is 0 Å². The quantitative estimate of drug-likeness (QED) is 0.303. The molecule has 28 valence electrons. The van der Waals surface area contributed by atoms with Crippen molar-refractivity contribution >= 4 is 19.4 Å². The first-order chi connectivity index (χ1) is 2.27. The Balaban J connectivity index is 2.85. The topological polar surface area (TPSA) is 49.4 Å². The molecule has 0 aliphatic rings. The van der Waals surface area contributed by atoms with Gasteiger partial charge in [0.1, 0.15) is 0 Å². The van der Waals surface area contributed by atoms with Crippen LogP contribution in [0.25, 0.3) is 0 Å². The standard InChI is InChI=1S/BHO3S/c1-4-5(2)3/h(H,2,3)/p-1. The molecule has 1 unspecified atom stereocenters. The summed E-state index contributed by atoms with van der Waals surface area (Å²) < 4.78 is 21.2. The third-order valence-corrected chi connectivity index (χ3v) is 0.236. The van der Waals surface area contributed by atoms with E-state index in [-0.39, 0.29) is 0 Å². The van der Waals surface area contributed by atoms with Gasteiger partial charge in [0.05, 0.1) is 11.4 Å². The molecule has 1 atom stereocenters. The van der Waals surface area contributed by atoms with Crippen LogP contribution in [0.3, 0.4) is 0 Å². The Hall–Kier alpha value is 0.135. The van der Waals surface area contributed by atoms with Crippen molar-refractivity contribution < 1.29 is 12.9 Å². The van der Waals surface area contributed by atoms with Crippen LogP contribution in [0, 0.1) is 0 Å². The summed E-state index contributed by atoms with van der Waals surface area (Å²) in [6, 6.07) is 0. The van der Waals surface area contributed by atoms with Crippen molar-refractivity contribution in [2.45, 2.75) is 0 Å². The van der Waals surface area contributed by atoms with Crippen molar-refractivity contribution in [3.8, 4) is 0 Å². The molecular formula is BO3S-. The maximum absolute atomic E-state index is 9.02. The highest BCUT2D eigenvalue weighted by Crippen LogP contribution is 1.62. The van der Waals surface area contributed by atoms with E-state index in [4.69, 9.17) is 8.76 Å². The lowest BCUT2D eigenvalue weighted by Gasteiger charge is -1.95. The third kappa shape index (κ3) is 4.13. The Bertz CT molecular complexity index is 42.2. The zero-order valence-corrected chi connectivity index (χ0v) is 3.03. The summed E-state index contributed by atoms with van der Waals surface area (Å²) >= 11 is -2.54. The summed E-state index contributed by atoms with van der Waals surface area (Å²) in [5.41, 5.74) is 0. The van der Waals surface area contributed by atoms with Gasteiger partial charge >= 0.3 is 8.05 Å². The van der Waals surface area contributed by atoms with Crippen LogP contribution in [0.1, 0.15) is 0 Å². The second-order valence-electron chi connectivity index (χ2n) is 0.300. The highest BCUT2D eigenvalue weighted by molar-refractivity contribution is 7.74. The zero-order valence-electron chi connectivity index (χ0n) is 2.21. The largest absolute Gasteiger partial charge is 0.751 e. The monoisotopic (exact) mass is 91.0 g/mol. The van der Waals surface area contributed by atoms with Gasteiger partial charge in [0.2, 0.25) is 0 Å². The zero-order chi connectivity index (χ0) is 4.28. The summed E-state index contributed by atoms with van der Waals surface area (Å²) in [5.74, 6) is 0. The van der Waals surface area contributed by atoms with Crippen LogP contribution >= 0.6 is 0 Å². The minimum absolute atomic E-state index is 2.54. The molecule has 2 radical (unpaired) electrons. The van der Waals surface area contributed by atoms with Gasteiger partial charge in [-0.05, 0) is 0 Å². The van der Waals surface area contributed by atoms with Crippen molar-refractivity contribution in [1.29, 1.82) is 0 Å². The Labute approximate surface area is 33.3 Å². The fourth-order valence-electron chi connectivity index (χ4n) is 0. The number of hydrogen-bond donors (Lipinski definition) is 0. The highest BCUT2D eigenvalue weighted by Gasteiger charge is 1.60. The lowest BCUT2D eigenvalue weighted by atomic mass is 10.6. The van der Waals surface area contributed by atoms with E-state index in [1.807, 2.05) is 0 Å². The molecule has 3 nitrogen and oxygen atoms in total. The molecule has 5 heteroatoms. The predicted octanol–water partition coefficient (Wildman–Crippen LogP) is -1.12. The van der Waals surface area contributed by atoms with Gasteiger partial charge in [-0.3, -0.25) is 0 Å². The summed E-state index contributed by atoms with van der Waals surface area (Å²) in [6.07, 6.45) is 0. The normalized spacial score (nSPS) is 14.6. The summed E-state index contributed by atoms with van der Waals surface area (Å²) in [6.45, 7) is 0. The predicted molar refractivity (Wildman–Crippen MR) is 15.8 cm³/mol. The van der Waals surface area contributed by atoms with Gasteiger partial charge in [-0.15, -0.1) is 0 Å². The van der Waals surface area contributed by atoms with Crippen LogP contribution in [-0.4, -0.2) is 16.8 Å². The summed E-state index contributed by atoms with van der Waals surface area (Å²) in [7, 11) is 4.06. The van der Waals surface area contributed by atoms with Gasteiger partial charge in [-0.2, -0.15) is 0 Å². The average molecular weight is 90.9 g/mol. The minimum atomic E-state index is -2.54. The molecule has 5 heavy (non-hydrogen) atoms. The lowest BCUT2D eigenvalue weighted by Crippen LogP contribution is -1.87. The van der Waals surface area contributed by atoms with Gasteiger partial charge in [-0.1, -0.05) is 0 Å². The van der Waals surface area contributed by atoms with Gasteiger partial charge in [0.15, 0.2) is 0 Å². The third-order valence-electron chi connectivity index (χ3n) is 0.0786. The highest BCUT2D eigenvalue weighted by atomic mass is 32.2. The molecule has 0 aromatic carbocycles. The molecule has 0 bridgehead atoms. The first-order valence-electron chi connectivity index (χ1n) is 0.736. The molecular weight excluding hydrogens is 90.9 g/mol. The van der Waals surface area contributed by atoms with Crippen LogP contribution in [-0.2, 0) is 15.5 Å². The van der Waals surface area contributed by atoms with Gasteiger partial charge in [-0.25, -0.2) is 4.21 Å². The lowest BCUT2D eigenvalue weighted by molar-refractivity contribution is 0.456. The van der Waals surface area contributed by atoms with E-state index in [1.165, 1.54) is 0 Å². The molecule has 0 aliphatic heterocycles. The molecule has 0 spiro atoms. The molecule has 0 aliphatic carbocycles. The van der Waals surface area contributed by atoms with Gasteiger partial charge < -0.3 is 8.65 Å². The van der Waals surface area contributed by atoms with E-state index >= 15 is 0 Å². The molecule has 0 saturated carbocycles. The molecule has 0 aromatic heterocycles. The molecule has 0 rings (SSSR count). The van der Waals surface area contributed by atoms with E-state index in [9.17, 15) is 0 Å². The van der Waals surface area contributed by atoms with Gasteiger partial charge in [0.25, 0.3) is 0 Å². The van der Waals surface area contributed by atoms with Crippen LogP contribution in [0.5, 0.6) is 0 Å². The molecule has 0 fully saturated rings. The first kappa shape index (κ1) is 5.13. The molecule has 0 N–H and O–H groups in total. The van der Waals surface area contributed by atoms with E-state index in [0.717, 1.165) is 0 Å². The fraction of sp³-hybridized carbons (Fsp3) is 0. The second-order valence-corrected chi connectivity index (χ2v) is 0.901. The SMILES string of the molecule is [B]OS(=O)[O-]. The van der Waals surface area contributed by atoms with Crippen LogP contribution in [0.2, 0.25) is 0 Å². The van der Waals surface area contributed by atoms with E-state index in [0.29, 0.717) is 0 Å². The summed E-state index contributed by atoms with van der Waals surface area (Å²) in [5, 5.41) is 0. The Morgan fingerprint density at radius 3 is 2.20 bits per heavy atom. The Morgan fingerprint density at radius 2 is 2.20 bits per heavy atom. The smallest absolute Gasteiger partial charge is 0.307 e. The van der Waals surface area contributed by atoms with Crippen molar-refractivity contribution in [2.24, 2.45) is 0 Å². The Kier molecular flexibility index (Phi) is 2.44. The fourth-order valence-corrected chi connectivity index (χ4v) is 0. The van der Waals surface area contributed by atoms with Crippen molar-refractivity contribution in [2.75, 3.05) is 0 Å². The summed E-state index contributed by atoms with van der Waals surface area (Å²) in [4.78, 5) is 0. The van der Waals surface area contributed by atoms with Crippen molar-refractivity contribution in [1.82, 2.24) is 0 Å². The number of hydrogen-bond acceptors (Lipinski definition) is 3. The second kappa shape index (κ2) is 2.38. The van der Waals surface area contributed by atoms with E-state index in [2.05, 4.69) is 12.1 Å². The Morgan fingerprint density at radius 1 is 2.00 bits per heavy atom. The van der Waals surface area contributed by atoms with Gasteiger partial charge in [0, 0.05) is 0 Å². The molecule has 0 saturated heterocycles. The first-order valence-corrected chi connectivity index (χ1v) is 1.74. The number of rotatable bonds is 1. The van der Waals surface area contributed by atoms with Crippen LogP contribution in [0.4, 0.5) is 0 Å². The molecule has 0 amide bonds. The average Bonchev–Trinajstić information content (AvgIpc) is 1.38. The maximum Gasteiger partial charge on any atom is 0.307 e.